The molecule has 24 heavy (non-hydrogen) atoms. The summed E-state index contributed by atoms with van der Waals surface area (Å²) in [4.78, 5) is 16.9. The molecule has 0 saturated carbocycles. The number of para-hydroxylation sites is 2. The summed E-state index contributed by atoms with van der Waals surface area (Å²) in [5.74, 6) is 1.81. The lowest BCUT2D eigenvalue weighted by Gasteiger charge is -2.10. The molecule has 1 aromatic heterocycles. The highest BCUT2D eigenvalue weighted by atomic mass is 16.7. The molecule has 0 aliphatic carbocycles. The first-order valence-electron chi connectivity index (χ1n) is 7.84. The molecule has 2 heterocycles. The first-order chi connectivity index (χ1) is 11.7. The SMILES string of the molecule is CCc1nc2cc(NC(=O)C3Oc4ccccc4O3)ccc2n1C. The van der Waals surface area contributed by atoms with Crippen molar-refractivity contribution in [3.05, 3.63) is 48.3 Å². The quantitative estimate of drug-likeness (QED) is 0.805. The average molecular weight is 323 g/mol. The zero-order valence-electron chi connectivity index (χ0n) is 13.4. The zero-order chi connectivity index (χ0) is 16.7. The van der Waals surface area contributed by atoms with Crippen molar-refractivity contribution in [3.8, 4) is 11.5 Å². The number of aryl methyl sites for hydroxylation is 2. The Hall–Kier alpha value is -3.02. The second-order valence-electron chi connectivity index (χ2n) is 5.65. The third-order valence-corrected chi connectivity index (χ3v) is 4.09. The van der Waals surface area contributed by atoms with Crippen LogP contribution in [-0.4, -0.2) is 21.7 Å². The Morgan fingerprint density at radius 1 is 1.21 bits per heavy atom. The lowest BCUT2D eigenvalue weighted by Crippen LogP contribution is -2.34. The van der Waals surface area contributed by atoms with Gasteiger partial charge in [0.2, 0.25) is 0 Å². The van der Waals surface area contributed by atoms with Crippen LogP contribution < -0.4 is 14.8 Å². The molecule has 0 bridgehead atoms. The number of aromatic nitrogens is 2. The average Bonchev–Trinajstić information content (AvgIpc) is 3.16. The van der Waals surface area contributed by atoms with Crippen molar-refractivity contribution in [1.29, 1.82) is 0 Å². The molecule has 0 spiro atoms. The van der Waals surface area contributed by atoms with Gasteiger partial charge in [-0.25, -0.2) is 4.98 Å². The van der Waals surface area contributed by atoms with Gasteiger partial charge in [-0.05, 0) is 30.3 Å². The van der Waals surface area contributed by atoms with E-state index in [-0.39, 0.29) is 5.91 Å². The zero-order valence-corrected chi connectivity index (χ0v) is 13.4. The van der Waals surface area contributed by atoms with Gasteiger partial charge >= 0.3 is 12.2 Å². The number of hydrogen-bond acceptors (Lipinski definition) is 4. The van der Waals surface area contributed by atoms with Gasteiger partial charge in [-0.15, -0.1) is 0 Å². The maximum absolute atomic E-state index is 12.4. The fourth-order valence-corrected chi connectivity index (χ4v) is 2.85. The van der Waals surface area contributed by atoms with Crippen LogP contribution in [0.1, 0.15) is 12.7 Å². The molecule has 1 N–H and O–H groups in total. The summed E-state index contributed by atoms with van der Waals surface area (Å²) < 4.78 is 13.1. The van der Waals surface area contributed by atoms with Crippen LogP contribution >= 0.6 is 0 Å². The first kappa shape index (κ1) is 14.6. The van der Waals surface area contributed by atoms with Crippen LogP contribution in [0.3, 0.4) is 0 Å². The Morgan fingerprint density at radius 3 is 2.58 bits per heavy atom. The monoisotopic (exact) mass is 323 g/mol. The van der Waals surface area contributed by atoms with Gasteiger partial charge in [-0.3, -0.25) is 4.79 Å². The normalized spacial score (nSPS) is 13.4. The fraction of sp³-hybridized carbons (Fsp3) is 0.222. The van der Waals surface area contributed by atoms with Crippen LogP contribution in [0.4, 0.5) is 5.69 Å². The topological polar surface area (TPSA) is 65.4 Å². The summed E-state index contributed by atoms with van der Waals surface area (Å²) in [6.45, 7) is 2.07. The van der Waals surface area contributed by atoms with Gasteiger partial charge in [0, 0.05) is 19.2 Å². The Morgan fingerprint density at radius 2 is 1.92 bits per heavy atom. The first-order valence-corrected chi connectivity index (χ1v) is 7.84. The smallest absolute Gasteiger partial charge is 0.322 e. The number of nitrogens with one attached hydrogen (secondary N) is 1. The number of carbonyl (C=O) groups excluding carboxylic acids is 1. The van der Waals surface area contributed by atoms with E-state index in [1.807, 2.05) is 37.4 Å². The Labute approximate surface area is 139 Å². The van der Waals surface area contributed by atoms with Crippen molar-refractivity contribution in [2.45, 2.75) is 19.6 Å². The van der Waals surface area contributed by atoms with Gasteiger partial charge in [0.25, 0.3) is 0 Å². The van der Waals surface area contributed by atoms with Crippen LogP contribution in [0.25, 0.3) is 11.0 Å². The molecule has 0 fully saturated rings. The number of carbonyl (C=O) groups is 1. The summed E-state index contributed by atoms with van der Waals surface area (Å²) in [5, 5.41) is 2.82. The van der Waals surface area contributed by atoms with E-state index >= 15 is 0 Å². The number of fused-ring (bicyclic) bond motifs is 2. The van der Waals surface area contributed by atoms with E-state index in [1.54, 1.807) is 12.1 Å². The van der Waals surface area contributed by atoms with Gasteiger partial charge in [-0.1, -0.05) is 19.1 Å². The number of imidazole rings is 1. The second-order valence-corrected chi connectivity index (χ2v) is 5.65. The molecule has 4 rings (SSSR count). The van der Waals surface area contributed by atoms with Gasteiger partial charge in [-0.2, -0.15) is 0 Å². The molecule has 6 heteroatoms. The molecule has 1 amide bonds. The Kier molecular flexibility index (Phi) is 3.37. The van der Waals surface area contributed by atoms with Crippen molar-refractivity contribution in [2.24, 2.45) is 7.05 Å². The number of hydrogen-bond donors (Lipinski definition) is 1. The lowest BCUT2D eigenvalue weighted by molar-refractivity contribution is -0.131. The largest absolute Gasteiger partial charge is 0.442 e. The lowest BCUT2D eigenvalue weighted by atomic mass is 10.2. The summed E-state index contributed by atoms with van der Waals surface area (Å²) in [5.41, 5.74) is 2.55. The minimum atomic E-state index is -0.979. The molecule has 122 valence electrons. The van der Waals surface area contributed by atoms with E-state index in [2.05, 4.69) is 21.8 Å². The molecule has 3 aromatic rings. The molecule has 0 atom stereocenters. The van der Waals surface area contributed by atoms with Gasteiger partial charge in [0.1, 0.15) is 5.82 Å². The summed E-state index contributed by atoms with van der Waals surface area (Å²) in [7, 11) is 1.99. The third kappa shape index (κ3) is 2.36. The maximum atomic E-state index is 12.4. The van der Waals surface area contributed by atoms with E-state index in [0.717, 1.165) is 23.3 Å². The van der Waals surface area contributed by atoms with Crippen LogP contribution in [-0.2, 0) is 18.3 Å². The van der Waals surface area contributed by atoms with E-state index in [1.165, 1.54) is 0 Å². The predicted molar refractivity (Wildman–Crippen MR) is 90.2 cm³/mol. The van der Waals surface area contributed by atoms with E-state index in [0.29, 0.717) is 17.2 Å². The number of anilines is 1. The standard InChI is InChI=1S/C18H17N3O3/c1-3-16-20-12-10-11(8-9-13(12)21(16)2)19-17(22)18-23-14-6-4-5-7-15(14)24-18/h4-10,18H,3H2,1-2H3,(H,19,22). The summed E-state index contributed by atoms with van der Waals surface area (Å²) >= 11 is 0. The number of amides is 1. The summed E-state index contributed by atoms with van der Waals surface area (Å²) in [6, 6.07) is 12.9. The molecular formula is C18H17N3O3. The van der Waals surface area contributed by atoms with Gasteiger partial charge in [0.05, 0.1) is 11.0 Å². The molecule has 1 aliphatic heterocycles. The Bertz CT molecular complexity index is 907. The Balaban J connectivity index is 1.53. The highest BCUT2D eigenvalue weighted by molar-refractivity contribution is 5.96. The molecular weight excluding hydrogens is 306 g/mol. The molecule has 2 aromatic carbocycles. The van der Waals surface area contributed by atoms with Crippen molar-refractivity contribution in [3.63, 3.8) is 0 Å². The van der Waals surface area contributed by atoms with E-state index in [4.69, 9.17) is 9.47 Å². The molecule has 0 saturated heterocycles. The van der Waals surface area contributed by atoms with Crippen LogP contribution in [0.2, 0.25) is 0 Å². The van der Waals surface area contributed by atoms with Crippen LogP contribution in [0, 0.1) is 0 Å². The van der Waals surface area contributed by atoms with Crippen molar-refractivity contribution < 1.29 is 14.3 Å². The van der Waals surface area contributed by atoms with Crippen molar-refractivity contribution in [1.82, 2.24) is 9.55 Å². The third-order valence-electron chi connectivity index (χ3n) is 4.09. The van der Waals surface area contributed by atoms with Gasteiger partial charge < -0.3 is 19.4 Å². The van der Waals surface area contributed by atoms with Gasteiger partial charge in [0.15, 0.2) is 11.5 Å². The number of benzene rings is 2. The predicted octanol–water partition coefficient (Wildman–Crippen LogP) is 2.87. The van der Waals surface area contributed by atoms with Crippen molar-refractivity contribution >= 4 is 22.6 Å². The number of ether oxygens (including phenoxy) is 2. The fourth-order valence-electron chi connectivity index (χ4n) is 2.85. The minimum absolute atomic E-state index is 0.350. The van der Waals surface area contributed by atoms with Crippen molar-refractivity contribution in [2.75, 3.05) is 5.32 Å². The number of rotatable bonds is 3. The highest BCUT2D eigenvalue weighted by Crippen LogP contribution is 2.34. The maximum Gasteiger partial charge on any atom is 0.322 e. The molecule has 6 nitrogen and oxygen atoms in total. The van der Waals surface area contributed by atoms with Crippen LogP contribution in [0.15, 0.2) is 42.5 Å². The second kappa shape index (κ2) is 5.56. The highest BCUT2D eigenvalue weighted by Gasteiger charge is 2.30. The van der Waals surface area contributed by atoms with E-state index < -0.39 is 6.29 Å². The summed E-state index contributed by atoms with van der Waals surface area (Å²) in [6.07, 6.45) is -0.123. The molecule has 1 aliphatic rings. The van der Waals surface area contributed by atoms with E-state index in [9.17, 15) is 4.79 Å². The minimum Gasteiger partial charge on any atom is -0.442 e. The number of nitrogens with zero attached hydrogens (tertiary/aromatic N) is 2. The van der Waals surface area contributed by atoms with Crippen LogP contribution in [0.5, 0.6) is 11.5 Å². The molecule has 0 radical (unpaired) electrons. The molecule has 0 unspecified atom stereocenters.